The van der Waals surface area contributed by atoms with Gasteiger partial charge in [0.25, 0.3) is 0 Å². The van der Waals surface area contributed by atoms with Gasteiger partial charge in [-0.25, -0.2) is 8.42 Å². The van der Waals surface area contributed by atoms with Crippen molar-refractivity contribution in [1.29, 1.82) is 0 Å². The summed E-state index contributed by atoms with van der Waals surface area (Å²) < 4.78 is 25.9. The lowest BCUT2D eigenvalue weighted by molar-refractivity contribution is 0.271. The average Bonchev–Trinajstić information content (AvgIpc) is 2.39. The van der Waals surface area contributed by atoms with Crippen LogP contribution in [0.5, 0.6) is 0 Å². The summed E-state index contributed by atoms with van der Waals surface area (Å²) in [4.78, 5) is 0.263. The highest BCUT2D eigenvalue weighted by molar-refractivity contribution is 7.89. The summed E-state index contributed by atoms with van der Waals surface area (Å²) in [7, 11) is -3.47. The standard InChI is InChI=1S/C12H20N2O3S/c1-2-14(8-3-9-15)18(16,17)12-6-4-11(10-13)5-7-12/h4-7,15H,2-3,8-10,13H2,1H3. The summed E-state index contributed by atoms with van der Waals surface area (Å²) >= 11 is 0. The maximum Gasteiger partial charge on any atom is 0.243 e. The second-order valence-electron chi connectivity index (χ2n) is 3.92. The zero-order valence-corrected chi connectivity index (χ0v) is 11.4. The summed E-state index contributed by atoms with van der Waals surface area (Å²) in [6.07, 6.45) is 0.438. The molecule has 1 aromatic carbocycles. The zero-order valence-electron chi connectivity index (χ0n) is 10.5. The predicted octanol–water partition coefficient (Wildman–Crippen LogP) is 0.538. The number of hydrogen-bond acceptors (Lipinski definition) is 4. The molecule has 0 fully saturated rings. The van der Waals surface area contributed by atoms with E-state index in [0.717, 1.165) is 5.56 Å². The second-order valence-corrected chi connectivity index (χ2v) is 5.86. The quantitative estimate of drug-likeness (QED) is 0.759. The first-order valence-corrected chi connectivity index (χ1v) is 7.40. The Bertz CT molecular complexity index is 457. The molecule has 0 saturated heterocycles. The topological polar surface area (TPSA) is 83.6 Å². The highest BCUT2D eigenvalue weighted by atomic mass is 32.2. The van der Waals surface area contributed by atoms with E-state index in [-0.39, 0.29) is 11.5 Å². The van der Waals surface area contributed by atoms with Crippen molar-refractivity contribution < 1.29 is 13.5 Å². The Morgan fingerprint density at radius 2 is 1.89 bits per heavy atom. The molecule has 1 aromatic rings. The smallest absolute Gasteiger partial charge is 0.243 e. The summed E-state index contributed by atoms with van der Waals surface area (Å²) in [6.45, 7) is 2.87. The Kier molecular flexibility index (Phi) is 5.74. The lowest BCUT2D eigenvalue weighted by Gasteiger charge is -2.20. The van der Waals surface area contributed by atoms with Gasteiger partial charge >= 0.3 is 0 Å². The van der Waals surface area contributed by atoms with Crippen molar-refractivity contribution in [3.63, 3.8) is 0 Å². The van der Waals surface area contributed by atoms with Crippen molar-refractivity contribution in [3.05, 3.63) is 29.8 Å². The molecule has 5 nitrogen and oxygen atoms in total. The van der Waals surface area contributed by atoms with Crippen LogP contribution in [0.1, 0.15) is 18.9 Å². The number of rotatable bonds is 7. The van der Waals surface area contributed by atoms with Crippen LogP contribution in [0.4, 0.5) is 0 Å². The molecule has 0 aliphatic rings. The van der Waals surface area contributed by atoms with E-state index in [1.165, 1.54) is 4.31 Å². The van der Waals surface area contributed by atoms with Crippen LogP contribution in [0.3, 0.4) is 0 Å². The number of sulfonamides is 1. The van der Waals surface area contributed by atoms with Crippen molar-refractivity contribution in [1.82, 2.24) is 4.31 Å². The van der Waals surface area contributed by atoms with Gasteiger partial charge in [0, 0.05) is 26.2 Å². The van der Waals surface area contributed by atoms with Crippen molar-refractivity contribution >= 4 is 10.0 Å². The molecule has 1 rings (SSSR count). The van der Waals surface area contributed by atoms with E-state index in [2.05, 4.69) is 0 Å². The minimum Gasteiger partial charge on any atom is -0.396 e. The number of nitrogens with two attached hydrogens (primary N) is 1. The Morgan fingerprint density at radius 1 is 1.28 bits per heavy atom. The van der Waals surface area contributed by atoms with Gasteiger partial charge in [-0.15, -0.1) is 0 Å². The third kappa shape index (κ3) is 3.52. The highest BCUT2D eigenvalue weighted by Crippen LogP contribution is 2.16. The van der Waals surface area contributed by atoms with Gasteiger partial charge in [-0.2, -0.15) is 4.31 Å². The molecule has 0 aliphatic heterocycles. The van der Waals surface area contributed by atoms with Crippen LogP contribution in [0.15, 0.2) is 29.2 Å². The van der Waals surface area contributed by atoms with Gasteiger partial charge in [-0.1, -0.05) is 19.1 Å². The maximum atomic E-state index is 12.3. The molecule has 6 heteroatoms. The number of aliphatic hydroxyl groups is 1. The molecule has 0 aliphatic carbocycles. The number of aliphatic hydroxyl groups excluding tert-OH is 1. The van der Waals surface area contributed by atoms with Crippen LogP contribution >= 0.6 is 0 Å². The van der Waals surface area contributed by atoms with Crippen LogP contribution in [0, 0.1) is 0 Å². The average molecular weight is 272 g/mol. The molecule has 0 atom stereocenters. The van der Waals surface area contributed by atoms with Crippen LogP contribution in [-0.4, -0.2) is 37.5 Å². The molecule has 0 radical (unpaired) electrons. The van der Waals surface area contributed by atoms with Crippen LogP contribution in [0.25, 0.3) is 0 Å². The normalized spacial score (nSPS) is 12.0. The van der Waals surface area contributed by atoms with Gasteiger partial charge in [0.15, 0.2) is 0 Å². The van der Waals surface area contributed by atoms with E-state index >= 15 is 0 Å². The number of benzene rings is 1. The molecule has 0 heterocycles. The summed E-state index contributed by atoms with van der Waals surface area (Å²) in [5.74, 6) is 0. The van der Waals surface area contributed by atoms with Crippen LogP contribution in [-0.2, 0) is 16.6 Å². The fraction of sp³-hybridized carbons (Fsp3) is 0.500. The molecule has 0 spiro atoms. The van der Waals surface area contributed by atoms with E-state index in [1.807, 2.05) is 0 Å². The fourth-order valence-corrected chi connectivity index (χ4v) is 3.13. The van der Waals surface area contributed by atoms with Gasteiger partial charge in [0.05, 0.1) is 4.90 Å². The molecule has 18 heavy (non-hydrogen) atoms. The summed E-state index contributed by atoms with van der Waals surface area (Å²) in [5, 5.41) is 8.78. The van der Waals surface area contributed by atoms with Crippen molar-refractivity contribution in [2.75, 3.05) is 19.7 Å². The zero-order chi connectivity index (χ0) is 13.6. The third-order valence-electron chi connectivity index (χ3n) is 2.72. The molecule has 0 unspecified atom stereocenters. The van der Waals surface area contributed by atoms with E-state index < -0.39 is 10.0 Å². The third-order valence-corrected chi connectivity index (χ3v) is 4.70. The van der Waals surface area contributed by atoms with Gasteiger partial charge in [-0.3, -0.25) is 0 Å². The molecule has 102 valence electrons. The van der Waals surface area contributed by atoms with E-state index in [4.69, 9.17) is 10.8 Å². The Labute approximate surface area is 108 Å². The second kappa shape index (κ2) is 6.84. The number of hydrogen-bond donors (Lipinski definition) is 2. The van der Waals surface area contributed by atoms with E-state index in [9.17, 15) is 8.42 Å². The molecule has 0 bridgehead atoms. The minimum absolute atomic E-state index is 0.0157. The van der Waals surface area contributed by atoms with Crippen LogP contribution < -0.4 is 5.73 Å². The SMILES string of the molecule is CCN(CCCO)S(=O)(=O)c1ccc(CN)cc1. The first kappa shape index (κ1) is 15.1. The van der Waals surface area contributed by atoms with Gasteiger partial charge in [0.1, 0.15) is 0 Å². The maximum absolute atomic E-state index is 12.3. The lowest BCUT2D eigenvalue weighted by Crippen LogP contribution is -2.32. The highest BCUT2D eigenvalue weighted by Gasteiger charge is 2.22. The first-order chi connectivity index (χ1) is 8.56. The summed E-state index contributed by atoms with van der Waals surface area (Å²) in [6, 6.07) is 6.57. The largest absolute Gasteiger partial charge is 0.396 e. The predicted molar refractivity (Wildman–Crippen MR) is 70.5 cm³/mol. The molecular formula is C12H20N2O3S. The van der Waals surface area contributed by atoms with Crippen molar-refractivity contribution in [3.8, 4) is 0 Å². The summed E-state index contributed by atoms with van der Waals surface area (Å²) in [5.41, 5.74) is 6.37. The Morgan fingerprint density at radius 3 is 2.33 bits per heavy atom. The molecule has 0 saturated carbocycles. The van der Waals surface area contributed by atoms with Gasteiger partial charge < -0.3 is 10.8 Å². The van der Waals surface area contributed by atoms with Crippen molar-refractivity contribution in [2.45, 2.75) is 24.8 Å². The Balaban J connectivity index is 2.95. The first-order valence-electron chi connectivity index (χ1n) is 5.96. The molecule has 0 amide bonds. The molecule has 3 N–H and O–H groups in total. The number of nitrogens with zero attached hydrogens (tertiary/aromatic N) is 1. The van der Waals surface area contributed by atoms with E-state index in [1.54, 1.807) is 31.2 Å². The van der Waals surface area contributed by atoms with Crippen molar-refractivity contribution in [2.24, 2.45) is 5.73 Å². The van der Waals surface area contributed by atoms with Crippen LogP contribution in [0.2, 0.25) is 0 Å². The lowest BCUT2D eigenvalue weighted by atomic mass is 10.2. The Hall–Kier alpha value is -0.950. The van der Waals surface area contributed by atoms with Gasteiger partial charge in [-0.05, 0) is 24.1 Å². The van der Waals surface area contributed by atoms with E-state index in [0.29, 0.717) is 26.1 Å². The minimum atomic E-state index is -3.47. The fourth-order valence-electron chi connectivity index (χ4n) is 1.64. The molecular weight excluding hydrogens is 252 g/mol. The monoisotopic (exact) mass is 272 g/mol. The van der Waals surface area contributed by atoms with Gasteiger partial charge in [0.2, 0.25) is 10.0 Å². The molecule has 0 aromatic heterocycles.